The lowest BCUT2D eigenvalue weighted by atomic mass is 9.70. The van der Waals surface area contributed by atoms with E-state index in [4.69, 9.17) is 4.74 Å². The maximum absolute atomic E-state index is 6.17. The summed E-state index contributed by atoms with van der Waals surface area (Å²) in [4.78, 5) is 2.97. The highest BCUT2D eigenvalue weighted by Crippen LogP contribution is 2.45. The van der Waals surface area contributed by atoms with Gasteiger partial charge in [0.25, 0.3) is 0 Å². The average Bonchev–Trinajstić information content (AvgIpc) is 3.12. The molecule has 0 N–H and O–H groups in total. The lowest BCUT2D eigenvalue weighted by molar-refractivity contribution is -0.0774. The molecule has 0 radical (unpaired) electrons. The summed E-state index contributed by atoms with van der Waals surface area (Å²) in [7, 11) is 0. The summed E-state index contributed by atoms with van der Waals surface area (Å²) in [6.07, 6.45) is 15.2. The Balaban J connectivity index is 1.30. The highest BCUT2D eigenvalue weighted by molar-refractivity contribution is 5.80. The van der Waals surface area contributed by atoms with Gasteiger partial charge in [-0.25, -0.2) is 0 Å². The molecule has 6 fully saturated rings. The molecule has 29 heavy (non-hydrogen) atoms. The SMILES string of the molecule is c1ccc2c(c1)ccn2[C@@H]1C[C@@H]2COCCC1CN2[C@@H]1C[C@H]2CCCCC1CC2. The topological polar surface area (TPSA) is 17.4 Å². The van der Waals surface area contributed by atoms with Crippen molar-refractivity contribution in [3.05, 3.63) is 36.5 Å². The van der Waals surface area contributed by atoms with Gasteiger partial charge in [-0.15, -0.1) is 0 Å². The number of rotatable bonds is 2. The molecule has 3 saturated carbocycles. The minimum atomic E-state index is 0.600. The van der Waals surface area contributed by atoms with Crippen LogP contribution < -0.4 is 0 Å². The molecule has 1 aromatic carbocycles. The van der Waals surface area contributed by atoms with Gasteiger partial charge < -0.3 is 9.30 Å². The first kappa shape index (κ1) is 18.4. The number of hydrogen-bond acceptors (Lipinski definition) is 2. The number of piperidine rings is 1. The Morgan fingerprint density at radius 3 is 2.76 bits per heavy atom. The first-order chi connectivity index (χ1) is 14.4. The molecule has 0 amide bonds. The van der Waals surface area contributed by atoms with Crippen molar-refractivity contribution in [1.29, 1.82) is 0 Å². The fourth-order valence-electron chi connectivity index (χ4n) is 7.33. The van der Waals surface area contributed by atoms with Gasteiger partial charge in [0.2, 0.25) is 0 Å². The van der Waals surface area contributed by atoms with Crippen LogP contribution in [-0.4, -0.2) is 41.3 Å². The number of para-hydroxylation sites is 1. The van der Waals surface area contributed by atoms with Crippen molar-refractivity contribution in [3.8, 4) is 0 Å². The molecule has 8 rings (SSSR count). The van der Waals surface area contributed by atoms with Gasteiger partial charge >= 0.3 is 0 Å². The highest BCUT2D eigenvalue weighted by atomic mass is 16.5. The minimum absolute atomic E-state index is 0.600. The number of benzene rings is 1. The monoisotopic (exact) mass is 392 g/mol. The van der Waals surface area contributed by atoms with E-state index in [1.54, 1.807) is 0 Å². The van der Waals surface area contributed by atoms with Crippen LogP contribution in [0.1, 0.15) is 63.8 Å². The van der Waals surface area contributed by atoms with Crippen molar-refractivity contribution in [2.45, 2.75) is 75.9 Å². The van der Waals surface area contributed by atoms with Gasteiger partial charge in [0.15, 0.2) is 0 Å². The van der Waals surface area contributed by atoms with Crippen LogP contribution in [0.2, 0.25) is 0 Å². The predicted molar refractivity (Wildman–Crippen MR) is 118 cm³/mol. The highest BCUT2D eigenvalue weighted by Gasteiger charge is 2.44. The Bertz CT molecular complexity index is 840. The number of ether oxygens (including phenoxy) is 1. The Labute approximate surface area is 175 Å². The second-order valence-electron chi connectivity index (χ2n) is 10.4. The van der Waals surface area contributed by atoms with Crippen molar-refractivity contribution in [1.82, 2.24) is 9.47 Å². The smallest absolute Gasteiger partial charge is 0.0622 e. The van der Waals surface area contributed by atoms with E-state index in [1.807, 2.05) is 0 Å². The minimum Gasteiger partial charge on any atom is -0.380 e. The van der Waals surface area contributed by atoms with Crippen molar-refractivity contribution < 1.29 is 4.74 Å². The van der Waals surface area contributed by atoms with E-state index in [0.717, 1.165) is 31.1 Å². The molecule has 3 saturated heterocycles. The van der Waals surface area contributed by atoms with Gasteiger partial charge in [0.05, 0.1) is 6.61 Å². The second kappa shape index (κ2) is 7.74. The third-order valence-corrected chi connectivity index (χ3v) is 8.83. The number of nitrogens with zero attached hydrogens (tertiary/aromatic N) is 2. The quantitative estimate of drug-likeness (QED) is 0.657. The lowest BCUT2D eigenvalue weighted by Crippen LogP contribution is -2.58. The van der Waals surface area contributed by atoms with Crippen LogP contribution in [0.3, 0.4) is 0 Å². The molecule has 3 nitrogen and oxygen atoms in total. The van der Waals surface area contributed by atoms with E-state index in [-0.39, 0.29) is 0 Å². The van der Waals surface area contributed by atoms with Gasteiger partial charge in [0, 0.05) is 43.0 Å². The van der Waals surface area contributed by atoms with Crippen LogP contribution in [-0.2, 0) is 4.74 Å². The van der Waals surface area contributed by atoms with Gasteiger partial charge in [0.1, 0.15) is 0 Å². The van der Waals surface area contributed by atoms with Crippen molar-refractivity contribution >= 4 is 10.9 Å². The summed E-state index contributed by atoms with van der Waals surface area (Å²) >= 11 is 0. The van der Waals surface area contributed by atoms with Crippen LogP contribution in [0.5, 0.6) is 0 Å². The van der Waals surface area contributed by atoms with Crippen LogP contribution in [0.25, 0.3) is 10.9 Å². The molecule has 3 aliphatic heterocycles. The predicted octanol–water partition coefficient (Wildman–Crippen LogP) is 5.65. The van der Waals surface area contributed by atoms with Crippen molar-refractivity contribution in [2.24, 2.45) is 17.8 Å². The molecule has 2 aromatic rings. The van der Waals surface area contributed by atoms with Gasteiger partial charge in [-0.3, -0.25) is 4.90 Å². The van der Waals surface area contributed by atoms with Gasteiger partial charge in [-0.2, -0.15) is 0 Å². The van der Waals surface area contributed by atoms with Crippen LogP contribution in [0.15, 0.2) is 36.5 Å². The van der Waals surface area contributed by atoms with E-state index in [2.05, 4.69) is 46.0 Å². The van der Waals surface area contributed by atoms with Crippen LogP contribution >= 0.6 is 0 Å². The molecule has 3 aliphatic carbocycles. The first-order valence-electron chi connectivity index (χ1n) is 12.3. The van der Waals surface area contributed by atoms with Crippen molar-refractivity contribution in [3.63, 3.8) is 0 Å². The molecular weight excluding hydrogens is 356 g/mol. The summed E-state index contributed by atoms with van der Waals surface area (Å²) in [6.45, 7) is 3.18. The molecule has 156 valence electrons. The summed E-state index contributed by atoms with van der Waals surface area (Å²) in [5.41, 5.74) is 1.42. The Morgan fingerprint density at radius 2 is 1.76 bits per heavy atom. The zero-order valence-corrected chi connectivity index (χ0v) is 17.7. The third kappa shape index (κ3) is 3.35. The van der Waals surface area contributed by atoms with E-state index >= 15 is 0 Å². The number of hydrogen-bond donors (Lipinski definition) is 0. The van der Waals surface area contributed by atoms with Gasteiger partial charge in [-0.05, 0) is 67.4 Å². The largest absolute Gasteiger partial charge is 0.380 e. The summed E-state index contributed by atoms with van der Waals surface area (Å²) in [6, 6.07) is 13.3. The fourth-order valence-corrected chi connectivity index (χ4v) is 7.33. The molecule has 6 atom stereocenters. The number of aromatic nitrogens is 1. The molecular formula is C26H36N2O. The number of fused-ring (bicyclic) bond motifs is 12. The Morgan fingerprint density at radius 1 is 0.828 bits per heavy atom. The lowest BCUT2D eigenvalue weighted by Gasteiger charge is -2.53. The molecule has 4 heterocycles. The third-order valence-electron chi connectivity index (χ3n) is 8.83. The summed E-state index contributed by atoms with van der Waals surface area (Å²) in [5.74, 6) is 2.65. The molecule has 4 bridgehead atoms. The maximum atomic E-state index is 6.17. The molecule has 1 aromatic heterocycles. The van der Waals surface area contributed by atoms with Crippen molar-refractivity contribution in [2.75, 3.05) is 19.8 Å². The molecule has 3 heteroatoms. The van der Waals surface area contributed by atoms with Crippen LogP contribution in [0, 0.1) is 17.8 Å². The standard InChI is InChI=1S/C26H36N2O/c1-2-6-20-10-9-19(5-1)15-25(20)28-17-22-12-14-29-18-23(28)16-26(22)27-13-11-21-7-3-4-8-24(21)27/h3-4,7-8,11,13,19-20,22-23,25-26H,1-2,5-6,9-10,12,14-18H2/t19-,20?,22?,23+,25+,26+/m0/s1. The summed E-state index contributed by atoms with van der Waals surface area (Å²) < 4.78 is 8.78. The maximum Gasteiger partial charge on any atom is 0.0622 e. The Hall–Kier alpha value is -1.32. The first-order valence-corrected chi connectivity index (χ1v) is 12.3. The van der Waals surface area contributed by atoms with E-state index in [9.17, 15) is 0 Å². The fraction of sp³-hybridized carbons (Fsp3) is 0.692. The Kier molecular flexibility index (Phi) is 4.92. The second-order valence-corrected chi connectivity index (χ2v) is 10.4. The van der Waals surface area contributed by atoms with Gasteiger partial charge in [-0.1, -0.05) is 43.9 Å². The van der Waals surface area contributed by atoms with E-state index < -0.39 is 0 Å². The van der Waals surface area contributed by atoms with E-state index in [1.165, 1.54) is 75.2 Å². The zero-order chi connectivity index (χ0) is 19.2. The summed E-state index contributed by atoms with van der Waals surface area (Å²) in [5, 5.41) is 1.39. The normalized spacial score (nSPS) is 38.5. The zero-order valence-electron chi connectivity index (χ0n) is 17.7. The van der Waals surface area contributed by atoms with E-state index in [0.29, 0.717) is 18.0 Å². The molecule has 6 aliphatic rings. The molecule has 2 unspecified atom stereocenters. The van der Waals surface area contributed by atoms with Crippen LogP contribution in [0.4, 0.5) is 0 Å². The average molecular weight is 393 g/mol. The molecule has 0 spiro atoms.